The molecule has 0 heterocycles. The molecule has 0 aliphatic rings. The maximum atomic E-state index is 12.0. The minimum atomic E-state index is -0.355. The lowest BCUT2D eigenvalue weighted by Crippen LogP contribution is -2.24. The summed E-state index contributed by atoms with van der Waals surface area (Å²) in [6.45, 7) is 2.38. The Kier molecular flexibility index (Phi) is 7.75. The van der Waals surface area contributed by atoms with Crippen LogP contribution in [-0.4, -0.2) is 25.0 Å². The summed E-state index contributed by atoms with van der Waals surface area (Å²) in [5.41, 5.74) is 1.09. The van der Waals surface area contributed by atoms with Crippen LogP contribution in [0.25, 0.3) is 0 Å². The average molecular weight is 460 g/mol. The lowest BCUT2D eigenvalue weighted by Gasteiger charge is -2.11. The third-order valence-electron chi connectivity index (χ3n) is 3.28. The molecule has 5 nitrogen and oxygen atoms in total. The number of hydrogen-bond acceptors (Lipinski definition) is 3. The van der Waals surface area contributed by atoms with E-state index in [2.05, 4.69) is 26.6 Å². The number of carbonyl (C=O) groups is 2. The standard InChI is InChI=1S/C18H17BrCl2N2O3/c1-2-7-22-18(25)11-3-5-13(6-4-11)23-16(24)10-26-17-14(19)8-12(20)9-15(17)21/h3-6,8-9H,2,7,10H2,1H3,(H,22,25)(H,23,24). The SMILES string of the molecule is CCCNC(=O)c1ccc(NC(=O)COc2c(Cl)cc(Cl)cc2Br)cc1. The second-order valence-electron chi connectivity index (χ2n) is 5.37. The molecule has 2 aromatic carbocycles. The fraction of sp³-hybridized carbons (Fsp3) is 0.222. The van der Waals surface area contributed by atoms with Gasteiger partial charge in [0.25, 0.3) is 11.8 Å². The number of rotatable bonds is 7. The van der Waals surface area contributed by atoms with Gasteiger partial charge in [-0.15, -0.1) is 0 Å². The number of amides is 2. The van der Waals surface area contributed by atoms with Gasteiger partial charge in [0.05, 0.1) is 9.50 Å². The Bertz CT molecular complexity index is 775. The van der Waals surface area contributed by atoms with E-state index in [-0.39, 0.29) is 18.4 Å². The van der Waals surface area contributed by atoms with E-state index in [4.69, 9.17) is 27.9 Å². The maximum absolute atomic E-state index is 12.0. The second-order valence-corrected chi connectivity index (χ2v) is 7.07. The summed E-state index contributed by atoms with van der Waals surface area (Å²) >= 11 is 15.2. The molecule has 2 amide bonds. The molecule has 138 valence electrons. The summed E-state index contributed by atoms with van der Waals surface area (Å²) in [4.78, 5) is 23.9. The second kappa shape index (κ2) is 9.80. The molecule has 0 saturated carbocycles. The predicted octanol–water partition coefficient (Wildman–Crippen LogP) is 4.91. The third kappa shape index (κ3) is 5.90. The number of halogens is 3. The molecule has 0 bridgehead atoms. The van der Waals surface area contributed by atoms with Crippen LogP contribution in [0.4, 0.5) is 5.69 Å². The van der Waals surface area contributed by atoms with Crippen molar-refractivity contribution in [3.63, 3.8) is 0 Å². The van der Waals surface area contributed by atoms with Gasteiger partial charge in [-0.25, -0.2) is 0 Å². The van der Waals surface area contributed by atoms with Crippen LogP contribution in [0.15, 0.2) is 40.9 Å². The van der Waals surface area contributed by atoms with E-state index in [9.17, 15) is 9.59 Å². The Morgan fingerprint density at radius 2 is 1.85 bits per heavy atom. The van der Waals surface area contributed by atoms with Crippen LogP contribution < -0.4 is 15.4 Å². The van der Waals surface area contributed by atoms with Crippen molar-refractivity contribution in [3.05, 3.63) is 56.5 Å². The van der Waals surface area contributed by atoms with E-state index in [1.807, 2.05) is 6.92 Å². The van der Waals surface area contributed by atoms with Gasteiger partial charge < -0.3 is 15.4 Å². The first kappa shape index (κ1) is 20.6. The van der Waals surface area contributed by atoms with Crippen LogP contribution in [-0.2, 0) is 4.79 Å². The molecule has 0 aliphatic heterocycles. The lowest BCUT2D eigenvalue weighted by atomic mass is 10.2. The normalized spacial score (nSPS) is 10.3. The minimum Gasteiger partial charge on any atom is -0.481 e. The number of anilines is 1. The van der Waals surface area contributed by atoms with E-state index in [0.717, 1.165) is 6.42 Å². The van der Waals surface area contributed by atoms with Gasteiger partial charge in [-0.2, -0.15) is 0 Å². The Morgan fingerprint density at radius 3 is 2.46 bits per heavy atom. The van der Waals surface area contributed by atoms with E-state index < -0.39 is 0 Å². The maximum Gasteiger partial charge on any atom is 0.262 e. The molecule has 26 heavy (non-hydrogen) atoms. The van der Waals surface area contributed by atoms with Gasteiger partial charge in [-0.1, -0.05) is 30.1 Å². The Hall–Kier alpha value is -1.76. The number of ether oxygens (including phenoxy) is 1. The summed E-state index contributed by atoms with van der Waals surface area (Å²) in [6.07, 6.45) is 0.869. The first-order valence-electron chi connectivity index (χ1n) is 7.86. The molecule has 2 aromatic rings. The zero-order chi connectivity index (χ0) is 19.1. The number of hydrogen-bond donors (Lipinski definition) is 2. The van der Waals surface area contributed by atoms with Crippen molar-refractivity contribution >= 4 is 56.6 Å². The highest BCUT2D eigenvalue weighted by atomic mass is 79.9. The molecule has 0 atom stereocenters. The highest BCUT2D eigenvalue weighted by Gasteiger charge is 2.12. The summed E-state index contributed by atoms with van der Waals surface area (Å²) in [5, 5.41) is 6.25. The molecule has 0 aromatic heterocycles. The Labute approximate surface area is 170 Å². The quantitative estimate of drug-likeness (QED) is 0.617. The molecule has 2 rings (SSSR count). The van der Waals surface area contributed by atoms with Gasteiger partial charge in [-0.05, 0) is 58.7 Å². The smallest absolute Gasteiger partial charge is 0.262 e. The lowest BCUT2D eigenvalue weighted by molar-refractivity contribution is -0.118. The highest BCUT2D eigenvalue weighted by molar-refractivity contribution is 9.10. The first-order chi connectivity index (χ1) is 12.4. The molecule has 8 heteroatoms. The van der Waals surface area contributed by atoms with E-state index >= 15 is 0 Å². The van der Waals surface area contributed by atoms with Gasteiger partial charge in [-0.3, -0.25) is 9.59 Å². The van der Waals surface area contributed by atoms with Crippen molar-refractivity contribution in [1.82, 2.24) is 5.32 Å². The predicted molar refractivity (Wildman–Crippen MR) is 107 cm³/mol. The molecular formula is C18H17BrCl2N2O3. The largest absolute Gasteiger partial charge is 0.481 e. The van der Waals surface area contributed by atoms with Crippen LogP contribution in [0, 0.1) is 0 Å². The van der Waals surface area contributed by atoms with Crippen molar-refractivity contribution in [2.75, 3.05) is 18.5 Å². The first-order valence-corrected chi connectivity index (χ1v) is 9.41. The van der Waals surface area contributed by atoms with Gasteiger partial charge in [0.1, 0.15) is 0 Å². The minimum absolute atomic E-state index is 0.143. The van der Waals surface area contributed by atoms with Gasteiger partial charge >= 0.3 is 0 Å². The van der Waals surface area contributed by atoms with Gasteiger partial charge in [0, 0.05) is 22.8 Å². The van der Waals surface area contributed by atoms with Crippen molar-refractivity contribution < 1.29 is 14.3 Å². The fourth-order valence-corrected chi connectivity index (χ4v) is 3.42. The topological polar surface area (TPSA) is 67.4 Å². The van der Waals surface area contributed by atoms with Crippen molar-refractivity contribution in [3.8, 4) is 5.75 Å². The van der Waals surface area contributed by atoms with Crippen LogP contribution >= 0.6 is 39.1 Å². The van der Waals surface area contributed by atoms with Crippen LogP contribution in [0.2, 0.25) is 10.0 Å². The van der Waals surface area contributed by atoms with Crippen molar-refractivity contribution in [2.24, 2.45) is 0 Å². The highest BCUT2D eigenvalue weighted by Crippen LogP contribution is 2.35. The Morgan fingerprint density at radius 1 is 1.15 bits per heavy atom. The van der Waals surface area contributed by atoms with E-state index in [0.29, 0.717) is 38.1 Å². The molecule has 2 N–H and O–H groups in total. The monoisotopic (exact) mass is 458 g/mol. The fourth-order valence-electron chi connectivity index (χ4n) is 2.05. The van der Waals surface area contributed by atoms with Gasteiger partial charge in [0.15, 0.2) is 12.4 Å². The zero-order valence-corrected chi connectivity index (χ0v) is 17.0. The molecular weight excluding hydrogens is 443 g/mol. The number of benzene rings is 2. The van der Waals surface area contributed by atoms with Crippen LogP contribution in [0.1, 0.15) is 23.7 Å². The van der Waals surface area contributed by atoms with Gasteiger partial charge in [0.2, 0.25) is 0 Å². The number of nitrogens with one attached hydrogen (secondary N) is 2. The molecule has 0 fully saturated rings. The van der Waals surface area contributed by atoms with Crippen molar-refractivity contribution in [2.45, 2.75) is 13.3 Å². The molecule has 0 saturated heterocycles. The summed E-state index contributed by atoms with van der Waals surface area (Å²) in [7, 11) is 0. The van der Waals surface area contributed by atoms with Crippen LogP contribution in [0.5, 0.6) is 5.75 Å². The molecule has 0 spiro atoms. The average Bonchev–Trinajstić information content (AvgIpc) is 2.59. The number of carbonyl (C=O) groups excluding carboxylic acids is 2. The molecule has 0 aliphatic carbocycles. The van der Waals surface area contributed by atoms with Crippen LogP contribution in [0.3, 0.4) is 0 Å². The van der Waals surface area contributed by atoms with E-state index in [1.54, 1.807) is 30.3 Å². The third-order valence-corrected chi connectivity index (χ3v) is 4.37. The molecule has 0 unspecified atom stereocenters. The Balaban J connectivity index is 1.91. The van der Waals surface area contributed by atoms with Crippen molar-refractivity contribution in [1.29, 1.82) is 0 Å². The van der Waals surface area contributed by atoms with E-state index in [1.165, 1.54) is 6.07 Å². The molecule has 0 radical (unpaired) electrons. The summed E-state index contributed by atoms with van der Waals surface area (Å²) in [5.74, 6) is -0.157. The summed E-state index contributed by atoms with van der Waals surface area (Å²) < 4.78 is 6.01. The zero-order valence-electron chi connectivity index (χ0n) is 13.9. The summed E-state index contributed by atoms with van der Waals surface area (Å²) in [6, 6.07) is 9.77.